The number of epoxide rings is 1. The molecule has 2 atom stereocenters. The van der Waals surface area contributed by atoms with Crippen LogP contribution in [0.2, 0.25) is 0 Å². The van der Waals surface area contributed by atoms with Gasteiger partial charge in [0, 0.05) is 7.11 Å². The molecule has 0 aromatic carbocycles. The fourth-order valence-corrected chi connectivity index (χ4v) is 2.25. The molecule has 1 heterocycles. The smallest absolute Gasteiger partial charge is 0.120 e. The SMILES string of the molecule is CCC(CC)(OC)C1(C)OC1C. The quantitative estimate of drug-likeness (QED) is 0.607. The molecular formula is C10H20O2. The van der Waals surface area contributed by atoms with E-state index in [0.29, 0.717) is 6.10 Å². The Morgan fingerprint density at radius 2 is 1.83 bits per heavy atom. The van der Waals surface area contributed by atoms with Crippen LogP contribution in [0, 0.1) is 0 Å². The minimum absolute atomic E-state index is 0.0503. The Bertz CT molecular complexity index is 155. The van der Waals surface area contributed by atoms with Crippen LogP contribution in [0.3, 0.4) is 0 Å². The van der Waals surface area contributed by atoms with Gasteiger partial charge in [0.2, 0.25) is 0 Å². The highest BCUT2D eigenvalue weighted by molar-refractivity contribution is 5.11. The van der Waals surface area contributed by atoms with Crippen molar-refractivity contribution < 1.29 is 9.47 Å². The molecule has 1 aliphatic rings. The van der Waals surface area contributed by atoms with Crippen molar-refractivity contribution in [3.05, 3.63) is 0 Å². The topological polar surface area (TPSA) is 21.8 Å². The lowest BCUT2D eigenvalue weighted by atomic mass is 9.81. The first kappa shape index (κ1) is 10.0. The summed E-state index contributed by atoms with van der Waals surface area (Å²) < 4.78 is 11.2. The van der Waals surface area contributed by atoms with E-state index in [0.717, 1.165) is 12.8 Å². The van der Waals surface area contributed by atoms with E-state index >= 15 is 0 Å². The Hall–Kier alpha value is -0.0800. The van der Waals surface area contributed by atoms with Gasteiger partial charge < -0.3 is 9.47 Å². The average Bonchev–Trinajstić information content (AvgIpc) is 2.66. The van der Waals surface area contributed by atoms with Crippen LogP contribution in [-0.4, -0.2) is 24.4 Å². The van der Waals surface area contributed by atoms with Crippen LogP contribution in [-0.2, 0) is 9.47 Å². The first-order valence-corrected chi connectivity index (χ1v) is 4.79. The molecule has 0 saturated carbocycles. The number of rotatable bonds is 4. The number of hydrogen-bond donors (Lipinski definition) is 0. The molecular weight excluding hydrogens is 152 g/mol. The zero-order valence-electron chi connectivity index (χ0n) is 8.81. The van der Waals surface area contributed by atoms with Crippen molar-refractivity contribution in [1.82, 2.24) is 0 Å². The second-order valence-electron chi connectivity index (χ2n) is 3.77. The second-order valence-corrected chi connectivity index (χ2v) is 3.77. The molecule has 0 radical (unpaired) electrons. The maximum Gasteiger partial charge on any atom is 0.120 e. The van der Waals surface area contributed by atoms with Crippen LogP contribution >= 0.6 is 0 Å². The van der Waals surface area contributed by atoms with Crippen molar-refractivity contribution in [2.75, 3.05) is 7.11 Å². The summed E-state index contributed by atoms with van der Waals surface area (Å²) in [6.07, 6.45) is 2.37. The third-order valence-electron chi connectivity index (χ3n) is 3.58. The van der Waals surface area contributed by atoms with E-state index < -0.39 is 0 Å². The fraction of sp³-hybridized carbons (Fsp3) is 1.00. The lowest BCUT2D eigenvalue weighted by Gasteiger charge is -2.34. The molecule has 1 saturated heterocycles. The number of hydrogen-bond acceptors (Lipinski definition) is 2. The molecule has 12 heavy (non-hydrogen) atoms. The average molecular weight is 172 g/mol. The van der Waals surface area contributed by atoms with Crippen LogP contribution in [0.15, 0.2) is 0 Å². The summed E-state index contributed by atoms with van der Waals surface area (Å²) in [6.45, 7) is 8.58. The van der Waals surface area contributed by atoms with Crippen molar-refractivity contribution in [2.45, 2.75) is 57.8 Å². The molecule has 2 unspecified atom stereocenters. The minimum atomic E-state index is -0.0770. The zero-order chi connectivity index (χ0) is 9.41. The lowest BCUT2D eigenvalue weighted by molar-refractivity contribution is -0.0727. The standard InChI is InChI=1S/C10H20O2/c1-6-10(7-2,11-5)9(4)8(3)12-9/h8H,6-7H2,1-5H3. The molecule has 0 aliphatic carbocycles. The fourth-order valence-electron chi connectivity index (χ4n) is 2.25. The molecule has 2 nitrogen and oxygen atoms in total. The van der Waals surface area contributed by atoms with Crippen LogP contribution in [0.4, 0.5) is 0 Å². The maximum atomic E-state index is 5.62. The third-order valence-corrected chi connectivity index (χ3v) is 3.58. The Balaban J connectivity index is 2.78. The van der Waals surface area contributed by atoms with Gasteiger partial charge in [-0.15, -0.1) is 0 Å². The normalized spacial score (nSPS) is 35.2. The van der Waals surface area contributed by atoms with E-state index in [2.05, 4.69) is 27.7 Å². The molecule has 0 N–H and O–H groups in total. The molecule has 2 heteroatoms. The predicted molar refractivity (Wildman–Crippen MR) is 49.3 cm³/mol. The van der Waals surface area contributed by atoms with Crippen molar-refractivity contribution in [1.29, 1.82) is 0 Å². The highest BCUT2D eigenvalue weighted by atomic mass is 16.6. The molecule has 0 aromatic heterocycles. The van der Waals surface area contributed by atoms with Crippen molar-refractivity contribution in [3.8, 4) is 0 Å². The summed E-state index contributed by atoms with van der Waals surface area (Å²) in [5.41, 5.74) is -0.127. The van der Waals surface area contributed by atoms with Gasteiger partial charge in [0.25, 0.3) is 0 Å². The van der Waals surface area contributed by atoms with Crippen LogP contribution in [0.5, 0.6) is 0 Å². The van der Waals surface area contributed by atoms with Gasteiger partial charge in [-0.3, -0.25) is 0 Å². The maximum absolute atomic E-state index is 5.62. The van der Waals surface area contributed by atoms with Gasteiger partial charge in [-0.25, -0.2) is 0 Å². The predicted octanol–water partition coefficient (Wildman–Crippen LogP) is 2.37. The highest BCUT2D eigenvalue weighted by Gasteiger charge is 2.62. The molecule has 1 aliphatic heterocycles. The van der Waals surface area contributed by atoms with E-state index in [9.17, 15) is 0 Å². The van der Waals surface area contributed by atoms with Gasteiger partial charge in [-0.1, -0.05) is 13.8 Å². The van der Waals surface area contributed by atoms with Crippen molar-refractivity contribution >= 4 is 0 Å². The Labute approximate surface area is 75.2 Å². The molecule has 1 rings (SSSR count). The van der Waals surface area contributed by atoms with Gasteiger partial charge in [-0.05, 0) is 26.7 Å². The van der Waals surface area contributed by atoms with E-state index in [-0.39, 0.29) is 11.2 Å². The molecule has 0 amide bonds. The largest absolute Gasteiger partial charge is 0.375 e. The van der Waals surface area contributed by atoms with Gasteiger partial charge >= 0.3 is 0 Å². The molecule has 0 spiro atoms. The van der Waals surface area contributed by atoms with E-state index in [1.807, 2.05) is 0 Å². The second kappa shape index (κ2) is 3.00. The van der Waals surface area contributed by atoms with Gasteiger partial charge in [0.15, 0.2) is 0 Å². The van der Waals surface area contributed by atoms with Crippen LogP contribution in [0.25, 0.3) is 0 Å². The van der Waals surface area contributed by atoms with Crippen molar-refractivity contribution in [2.24, 2.45) is 0 Å². The summed E-state index contributed by atoms with van der Waals surface area (Å²) >= 11 is 0. The summed E-state index contributed by atoms with van der Waals surface area (Å²) in [7, 11) is 1.78. The Morgan fingerprint density at radius 3 is 1.92 bits per heavy atom. The van der Waals surface area contributed by atoms with E-state index in [1.54, 1.807) is 7.11 Å². The molecule has 0 aromatic rings. The third kappa shape index (κ3) is 1.09. The van der Waals surface area contributed by atoms with Crippen LogP contribution < -0.4 is 0 Å². The highest BCUT2D eigenvalue weighted by Crippen LogP contribution is 2.49. The Kier molecular flexibility index (Phi) is 2.50. The minimum Gasteiger partial charge on any atom is -0.375 e. The first-order valence-electron chi connectivity index (χ1n) is 4.79. The summed E-state index contributed by atoms with van der Waals surface area (Å²) in [5, 5.41) is 0. The van der Waals surface area contributed by atoms with E-state index in [4.69, 9.17) is 9.47 Å². The van der Waals surface area contributed by atoms with Gasteiger partial charge in [-0.2, -0.15) is 0 Å². The number of methoxy groups -OCH3 is 1. The summed E-state index contributed by atoms with van der Waals surface area (Å²) in [4.78, 5) is 0. The van der Waals surface area contributed by atoms with Gasteiger partial charge in [0.1, 0.15) is 5.60 Å². The number of ether oxygens (including phenoxy) is 2. The molecule has 1 fully saturated rings. The summed E-state index contributed by atoms with van der Waals surface area (Å²) in [6, 6.07) is 0. The van der Waals surface area contributed by atoms with Crippen molar-refractivity contribution in [3.63, 3.8) is 0 Å². The zero-order valence-corrected chi connectivity index (χ0v) is 8.81. The van der Waals surface area contributed by atoms with Crippen LogP contribution in [0.1, 0.15) is 40.5 Å². The summed E-state index contributed by atoms with van der Waals surface area (Å²) in [5.74, 6) is 0. The lowest BCUT2D eigenvalue weighted by Crippen LogP contribution is -2.45. The monoisotopic (exact) mass is 172 g/mol. The van der Waals surface area contributed by atoms with E-state index in [1.165, 1.54) is 0 Å². The molecule has 72 valence electrons. The first-order chi connectivity index (χ1) is 5.56. The van der Waals surface area contributed by atoms with Gasteiger partial charge in [0.05, 0.1) is 11.7 Å². The Morgan fingerprint density at radius 1 is 1.42 bits per heavy atom. The molecule has 0 bridgehead atoms.